The minimum atomic E-state index is -3.98. The fourth-order valence-electron chi connectivity index (χ4n) is 1.33. The Morgan fingerprint density at radius 1 is 1.57 bits per heavy atom. The Morgan fingerprint density at radius 2 is 2.29 bits per heavy atom. The quantitative estimate of drug-likeness (QED) is 0.516. The van der Waals surface area contributed by atoms with Gasteiger partial charge < -0.3 is 10.6 Å². The Bertz CT molecular complexity index is 295. The number of amides is 1. The second-order valence-corrected chi connectivity index (χ2v) is 4.80. The molecule has 14 heavy (non-hydrogen) atoms. The van der Waals surface area contributed by atoms with E-state index in [2.05, 4.69) is 10.6 Å². The molecule has 0 aromatic rings. The molecule has 0 spiro atoms. The minimum absolute atomic E-state index is 0.0458. The molecule has 1 fully saturated rings. The van der Waals surface area contributed by atoms with Gasteiger partial charge >= 0.3 is 0 Å². The highest BCUT2D eigenvalue weighted by Gasteiger charge is 2.21. The van der Waals surface area contributed by atoms with Gasteiger partial charge in [0.05, 0.1) is 11.8 Å². The third-order valence-electron chi connectivity index (χ3n) is 2.04. The van der Waals surface area contributed by atoms with Crippen molar-refractivity contribution < 1.29 is 17.8 Å². The maximum atomic E-state index is 11.3. The van der Waals surface area contributed by atoms with E-state index in [1.165, 1.54) is 0 Å². The molecule has 6 nitrogen and oxygen atoms in total. The van der Waals surface area contributed by atoms with Crippen molar-refractivity contribution in [3.05, 3.63) is 0 Å². The molecule has 82 valence electrons. The molecule has 3 N–H and O–H groups in total. The van der Waals surface area contributed by atoms with Gasteiger partial charge in [-0.25, -0.2) is 0 Å². The molecule has 0 bridgehead atoms. The molecule has 0 unspecified atom stereocenters. The molecule has 0 aromatic carbocycles. The van der Waals surface area contributed by atoms with Crippen LogP contribution in [0, 0.1) is 0 Å². The van der Waals surface area contributed by atoms with E-state index in [1.54, 1.807) is 0 Å². The molecule has 1 saturated heterocycles. The Kier molecular flexibility index (Phi) is 3.85. The van der Waals surface area contributed by atoms with Gasteiger partial charge in [-0.15, -0.1) is 0 Å². The van der Waals surface area contributed by atoms with Crippen LogP contribution in [0.25, 0.3) is 0 Å². The summed E-state index contributed by atoms with van der Waals surface area (Å²) in [6, 6.07) is -0.212. The predicted molar refractivity (Wildman–Crippen MR) is 50.5 cm³/mol. The number of hydrogen-bond donors (Lipinski definition) is 3. The summed E-state index contributed by atoms with van der Waals surface area (Å²) in [4.78, 5) is 11.3. The third kappa shape index (κ3) is 4.03. The summed E-state index contributed by atoms with van der Waals surface area (Å²) < 4.78 is 29.0. The van der Waals surface area contributed by atoms with Crippen molar-refractivity contribution in [1.82, 2.24) is 10.6 Å². The van der Waals surface area contributed by atoms with Crippen molar-refractivity contribution in [2.75, 3.05) is 18.8 Å². The highest BCUT2D eigenvalue weighted by atomic mass is 32.2. The standard InChI is InChI=1S/C7H14N2O4S/c10-7(6-2-1-3-8-6)9-4-5-14(11,12)13/h6,8H,1-5H2,(H,9,10)(H,11,12,13)/t6-/m1/s1. The molecular weight excluding hydrogens is 208 g/mol. The fourth-order valence-corrected chi connectivity index (χ4v) is 1.69. The average Bonchev–Trinajstić information content (AvgIpc) is 2.53. The van der Waals surface area contributed by atoms with E-state index in [0.29, 0.717) is 0 Å². The highest BCUT2D eigenvalue weighted by Crippen LogP contribution is 2.03. The van der Waals surface area contributed by atoms with E-state index < -0.39 is 15.9 Å². The van der Waals surface area contributed by atoms with Crippen LogP contribution in [-0.2, 0) is 14.9 Å². The maximum absolute atomic E-state index is 11.3. The molecule has 0 radical (unpaired) electrons. The van der Waals surface area contributed by atoms with Crippen LogP contribution in [0.3, 0.4) is 0 Å². The minimum Gasteiger partial charge on any atom is -0.354 e. The lowest BCUT2D eigenvalue weighted by molar-refractivity contribution is -0.122. The molecule has 1 rings (SSSR count). The van der Waals surface area contributed by atoms with E-state index in [0.717, 1.165) is 19.4 Å². The summed E-state index contributed by atoms with van der Waals surface area (Å²) in [6.07, 6.45) is 1.73. The molecule has 1 heterocycles. The van der Waals surface area contributed by atoms with Crippen LogP contribution < -0.4 is 10.6 Å². The zero-order valence-corrected chi connectivity index (χ0v) is 8.51. The van der Waals surface area contributed by atoms with Crippen molar-refractivity contribution >= 4 is 16.0 Å². The molecule has 7 heteroatoms. The van der Waals surface area contributed by atoms with Gasteiger partial charge in [-0.05, 0) is 19.4 Å². The fraction of sp³-hybridized carbons (Fsp3) is 0.857. The van der Waals surface area contributed by atoms with Crippen molar-refractivity contribution in [3.63, 3.8) is 0 Å². The molecular formula is C7H14N2O4S. The van der Waals surface area contributed by atoms with Gasteiger partial charge in [0.15, 0.2) is 0 Å². The second-order valence-electron chi connectivity index (χ2n) is 3.23. The van der Waals surface area contributed by atoms with Crippen LogP contribution in [-0.4, -0.2) is 43.8 Å². The van der Waals surface area contributed by atoms with Gasteiger partial charge in [-0.2, -0.15) is 8.42 Å². The number of carbonyl (C=O) groups excluding carboxylic acids is 1. The summed E-state index contributed by atoms with van der Waals surface area (Å²) in [5, 5.41) is 5.42. The summed E-state index contributed by atoms with van der Waals surface area (Å²) >= 11 is 0. The van der Waals surface area contributed by atoms with Crippen molar-refractivity contribution in [2.45, 2.75) is 18.9 Å². The van der Waals surface area contributed by atoms with Crippen LogP contribution in [0.4, 0.5) is 0 Å². The monoisotopic (exact) mass is 222 g/mol. The number of nitrogens with one attached hydrogen (secondary N) is 2. The predicted octanol–water partition coefficient (Wildman–Crippen LogP) is -1.26. The Balaban J connectivity index is 2.21. The lowest BCUT2D eigenvalue weighted by atomic mass is 10.2. The van der Waals surface area contributed by atoms with Crippen LogP contribution in [0.2, 0.25) is 0 Å². The summed E-state index contributed by atoms with van der Waals surface area (Å²) in [5.74, 6) is -0.642. The van der Waals surface area contributed by atoms with Gasteiger partial charge in [-0.1, -0.05) is 0 Å². The van der Waals surface area contributed by atoms with Gasteiger partial charge in [-0.3, -0.25) is 9.35 Å². The Labute approximate surface area is 82.8 Å². The summed E-state index contributed by atoms with van der Waals surface area (Å²) in [6.45, 7) is 0.770. The van der Waals surface area contributed by atoms with Gasteiger partial charge in [0, 0.05) is 6.54 Å². The van der Waals surface area contributed by atoms with Crippen LogP contribution in [0.1, 0.15) is 12.8 Å². The van der Waals surface area contributed by atoms with Gasteiger partial charge in [0.25, 0.3) is 10.1 Å². The first kappa shape index (κ1) is 11.4. The largest absolute Gasteiger partial charge is 0.354 e. The van der Waals surface area contributed by atoms with Gasteiger partial charge in [0.1, 0.15) is 0 Å². The van der Waals surface area contributed by atoms with Gasteiger partial charge in [0.2, 0.25) is 5.91 Å². The van der Waals surface area contributed by atoms with Crippen LogP contribution in [0.5, 0.6) is 0 Å². The number of carbonyl (C=O) groups is 1. The first-order valence-corrected chi connectivity index (χ1v) is 6.06. The van der Waals surface area contributed by atoms with Crippen molar-refractivity contribution in [1.29, 1.82) is 0 Å². The summed E-state index contributed by atoms with van der Waals surface area (Å²) in [7, 11) is -3.98. The van der Waals surface area contributed by atoms with Crippen LogP contribution >= 0.6 is 0 Å². The number of hydrogen-bond acceptors (Lipinski definition) is 4. The Hall–Kier alpha value is -0.660. The lowest BCUT2D eigenvalue weighted by Gasteiger charge is -2.09. The van der Waals surface area contributed by atoms with E-state index in [-0.39, 0.29) is 18.5 Å². The van der Waals surface area contributed by atoms with E-state index in [4.69, 9.17) is 4.55 Å². The van der Waals surface area contributed by atoms with E-state index >= 15 is 0 Å². The van der Waals surface area contributed by atoms with Crippen LogP contribution in [0.15, 0.2) is 0 Å². The van der Waals surface area contributed by atoms with Crippen molar-refractivity contribution in [3.8, 4) is 0 Å². The van der Waals surface area contributed by atoms with Crippen molar-refractivity contribution in [2.24, 2.45) is 0 Å². The third-order valence-corrected chi connectivity index (χ3v) is 2.76. The normalized spacial score (nSPS) is 22.2. The van der Waals surface area contributed by atoms with E-state index in [1.807, 2.05) is 0 Å². The molecule has 1 amide bonds. The van der Waals surface area contributed by atoms with E-state index in [9.17, 15) is 13.2 Å². The average molecular weight is 222 g/mol. The molecule has 0 aromatic heterocycles. The zero-order chi connectivity index (χ0) is 10.6. The Morgan fingerprint density at radius 3 is 2.79 bits per heavy atom. The smallest absolute Gasteiger partial charge is 0.266 e. The summed E-state index contributed by atoms with van der Waals surface area (Å²) in [5.41, 5.74) is 0. The first-order valence-electron chi connectivity index (χ1n) is 4.45. The molecule has 0 aliphatic carbocycles. The molecule has 0 saturated carbocycles. The topological polar surface area (TPSA) is 95.5 Å². The maximum Gasteiger partial charge on any atom is 0.266 e. The first-order chi connectivity index (χ1) is 6.49. The number of rotatable bonds is 4. The molecule has 1 aliphatic rings. The second kappa shape index (κ2) is 4.72. The lowest BCUT2D eigenvalue weighted by Crippen LogP contribution is -2.41. The SMILES string of the molecule is O=C(NCCS(=O)(=O)O)[C@H]1CCCN1. The molecule has 1 atom stereocenters. The highest BCUT2D eigenvalue weighted by molar-refractivity contribution is 7.85. The molecule has 1 aliphatic heterocycles. The zero-order valence-electron chi connectivity index (χ0n) is 7.69.